The fourth-order valence-corrected chi connectivity index (χ4v) is 3.29. The molecule has 0 aliphatic carbocycles. The molecule has 2 rings (SSSR count). The van der Waals surface area contributed by atoms with E-state index in [0.717, 1.165) is 38.3 Å². The monoisotopic (exact) mass is 296 g/mol. The highest BCUT2D eigenvalue weighted by Crippen LogP contribution is 2.16. The maximum absolute atomic E-state index is 12.2. The Hall–Kier alpha value is -1.01. The van der Waals surface area contributed by atoms with Crippen LogP contribution in [-0.4, -0.2) is 52.0 Å². The molecule has 1 aliphatic rings. The maximum Gasteiger partial charge on any atom is 0.223 e. The van der Waals surface area contributed by atoms with E-state index in [2.05, 4.69) is 21.4 Å². The van der Waals surface area contributed by atoms with Crippen LogP contribution in [0.5, 0.6) is 0 Å². The number of carbonyl (C=O) groups excluding carboxylic acids is 1. The van der Waals surface area contributed by atoms with Crippen LogP contribution in [0.2, 0.25) is 0 Å². The van der Waals surface area contributed by atoms with Crippen molar-refractivity contribution < 1.29 is 4.79 Å². The molecule has 0 unspecified atom stereocenters. The smallest absolute Gasteiger partial charge is 0.223 e. The maximum atomic E-state index is 12.2. The number of likely N-dealkylation sites (tertiary alicyclic amines) is 1. The zero-order valence-corrected chi connectivity index (χ0v) is 13.4. The summed E-state index contributed by atoms with van der Waals surface area (Å²) in [4.78, 5) is 17.6. The van der Waals surface area contributed by atoms with Crippen LogP contribution < -0.4 is 0 Å². The van der Waals surface area contributed by atoms with E-state index < -0.39 is 0 Å². The number of piperidine rings is 1. The number of amides is 1. The van der Waals surface area contributed by atoms with Gasteiger partial charge in [-0.05, 0) is 44.3 Å². The van der Waals surface area contributed by atoms with Crippen molar-refractivity contribution in [2.45, 2.75) is 39.7 Å². The molecule has 1 aromatic heterocycles. The molecule has 0 spiro atoms. The Bertz CT molecular complexity index is 448. The van der Waals surface area contributed by atoms with Crippen LogP contribution >= 0.6 is 11.5 Å². The van der Waals surface area contributed by atoms with Crippen LogP contribution in [0.3, 0.4) is 0 Å². The van der Waals surface area contributed by atoms with Gasteiger partial charge >= 0.3 is 0 Å². The van der Waals surface area contributed by atoms with Crippen molar-refractivity contribution in [3.05, 3.63) is 10.6 Å². The van der Waals surface area contributed by atoms with E-state index in [4.69, 9.17) is 0 Å². The lowest BCUT2D eigenvalue weighted by Gasteiger charge is -2.31. The fourth-order valence-electron chi connectivity index (χ4n) is 2.58. The summed E-state index contributed by atoms with van der Waals surface area (Å²) in [5.41, 5.74) is 0.998. The van der Waals surface area contributed by atoms with Crippen molar-refractivity contribution in [2.24, 2.45) is 5.92 Å². The van der Waals surface area contributed by atoms with Crippen LogP contribution in [0.25, 0.3) is 0 Å². The first-order chi connectivity index (χ1) is 9.56. The largest absolute Gasteiger partial charge is 0.342 e. The molecule has 5 nitrogen and oxygen atoms in total. The molecule has 1 saturated heterocycles. The van der Waals surface area contributed by atoms with Crippen molar-refractivity contribution in [1.29, 1.82) is 0 Å². The highest BCUT2D eigenvalue weighted by atomic mass is 32.1. The average Bonchev–Trinajstić information content (AvgIpc) is 2.81. The number of hydrogen-bond donors (Lipinski definition) is 0. The van der Waals surface area contributed by atoms with Gasteiger partial charge in [0.2, 0.25) is 5.91 Å². The van der Waals surface area contributed by atoms with Gasteiger partial charge in [0.25, 0.3) is 0 Å². The van der Waals surface area contributed by atoms with Crippen molar-refractivity contribution in [1.82, 2.24) is 19.4 Å². The Morgan fingerprint density at radius 1 is 1.55 bits per heavy atom. The molecule has 1 aromatic rings. The Labute approximate surface area is 125 Å². The summed E-state index contributed by atoms with van der Waals surface area (Å²) in [5.74, 6) is 0.943. The second-order valence-corrected chi connectivity index (χ2v) is 6.70. The molecule has 112 valence electrons. The molecule has 1 amide bonds. The minimum Gasteiger partial charge on any atom is -0.342 e. The third-order valence-electron chi connectivity index (χ3n) is 3.88. The fraction of sp³-hybridized carbons (Fsp3) is 0.786. The van der Waals surface area contributed by atoms with E-state index >= 15 is 0 Å². The molecule has 1 aliphatic heterocycles. The number of nitrogens with zero attached hydrogens (tertiary/aromatic N) is 4. The van der Waals surface area contributed by atoms with Crippen LogP contribution in [0.15, 0.2) is 0 Å². The predicted octanol–water partition coefficient (Wildman–Crippen LogP) is 1.93. The summed E-state index contributed by atoms with van der Waals surface area (Å²) in [7, 11) is 2.05. The van der Waals surface area contributed by atoms with Gasteiger partial charge < -0.3 is 9.80 Å². The zero-order valence-electron chi connectivity index (χ0n) is 12.6. The molecule has 2 heterocycles. The van der Waals surface area contributed by atoms with Crippen LogP contribution in [-0.2, 0) is 11.3 Å². The van der Waals surface area contributed by atoms with Gasteiger partial charge in [0.05, 0.1) is 10.6 Å². The zero-order chi connectivity index (χ0) is 14.5. The molecular weight excluding hydrogens is 272 g/mol. The van der Waals surface area contributed by atoms with Gasteiger partial charge in [0.1, 0.15) is 0 Å². The van der Waals surface area contributed by atoms with Gasteiger partial charge in [-0.15, -0.1) is 5.10 Å². The van der Waals surface area contributed by atoms with Crippen LogP contribution in [0.1, 0.15) is 36.8 Å². The van der Waals surface area contributed by atoms with E-state index in [-0.39, 0.29) is 0 Å². The third-order valence-corrected chi connectivity index (χ3v) is 4.68. The predicted molar refractivity (Wildman–Crippen MR) is 80.6 cm³/mol. The summed E-state index contributed by atoms with van der Waals surface area (Å²) in [6.07, 6.45) is 3.00. The topological polar surface area (TPSA) is 49.3 Å². The highest BCUT2D eigenvalue weighted by Gasteiger charge is 2.20. The van der Waals surface area contributed by atoms with Gasteiger partial charge in [-0.25, -0.2) is 0 Å². The molecule has 0 N–H and O–H groups in total. The minimum absolute atomic E-state index is 0.294. The van der Waals surface area contributed by atoms with E-state index in [9.17, 15) is 4.79 Å². The normalized spacial score (nSPS) is 19.6. The first kappa shape index (κ1) is 15.4. The lowest BCUT2D eigenvalue weighted by atomic mass is 10.00. The first-order valence-electron chi connectivity index (χ1n) is 7.30. The summed E-state index contributed by atoms with van der Waals surface area (Å²) < 4.78 is 3.94. The van der Waals surface area contributed by atoms with Crippen molar-refractivity contribution in [3.63, 3.8) is 0 Å². The van der Waals surface area contributed by atoms with Gasteiger partial charge in [-0.2, -0.15) is 0 Å². The minimum atomic E-state index is 0.294. The van der Waals surface area contributed by atoms with Crippen molar-refractivity contribution in [3.8, 4) is 0 Å². The molecule has 1 atom stereocenters. The average molecular weight is 296 g/mol. The van der Waals surface area contributed by atoms with Crippen molar-refractivity contribution in [2.75, 3.05) is 26.7 Å². The molecule has 20 heavy (non-hydrogen) atoms. The van der Waals surface area contributed by atoms with E-state index in [1.807, 2.05) is 18.9 Å². The molecule has 1 fully saturated rings. The molecule has 0 aromatic carbocycles. The molecular formula is C14H24N4OS. The standard InChI is InChI=1S/C14H24N4OS/c1-11-5-4-7-18(9-11)14(19)6-8-17(3)10-13-12(2)15-16-20-13/h11H,4-10H2,1-3H3/t11-/m1/s1. The Balaban J connectivity index is 1.74. The number of aromatic nitrogens is 2. The quantitative estimate of drug-likeness (QED) is 0.833. The lowest BCUT2D eigenvalue weighted by Crippen LogP contribution is -2.40. The Morgan fingerprint density at radius 2 is 2.35 bits per heavy atom. The summed E-state index contributed by atoms with van der Waals surface area (Å²) >= 11 is 1.44. The number of aryl methyl sites for hydroxylation is 1. The van der Waals surface area contributed by atoms with E-state index in [1.54, 1.807) is 0 Å². The number of carbonyl (C=O) groups is 1. The summed E-state index contributed by atoms with van der Waals surface area (Å²) in [6, 6.07) is 0. The number of rotatable bonds is 5. The Kier molecular flexibility index (Phi) is 5.48. The van der Waals surface area contributed by atoms with Gasteiger partial charge in [0.15, 0.2) is 0 Å². The van der Waals surface area contributed by atoms with Gasteiger partial charge in [-0.1, -0.05) is 11.4 Å². The van der Waals surface area contributed by atoms with Crippen LogP contribution in [0.4, 0.5) is 0 Å². The third kappa shape index (κ3) is 4.24. The first-order valence-corrected chi connectivity index (χ1v) is 8.07. The van der Waals surface area contributed by atoms with Gasteiger partial charge in [-0.3, -0.25) is 4.79 Å². The van der Waals surface area contributed by atoms with Crippen molar-refractivity contribution >= 4 is 17.4 Å². The molecule has 0 saturated carbocycles. The SMILES string of the molecule is Cc1nnsc1CN(C)CCC(=O)N1CCC[C@@H](C)C1. The van der Waals surface area contributed by atoms with E-state index in [0.29, 0.717) is 18.2 Å². The summed E-state index contributed by atoms with van der Waals surface area (Å²) in [6.45, 7) is 7.69. The second kappa shape index (κ2) is 7.13. The molecule has 0 radical (unpaired) electrons. The van der Waals surface area contributed by atoms with Crippen LogP contribution in [0, 0.1) is 12.8 Å². The van der Waals surface area contributed by atoms with E-state index in [1.165, 1.54) is 22.8 Å². The lowest BCUT2D eigenvalue weighted by molar-refractivity contribution is -0.133. The second-order valence-electron chi connectivity index (χ2n) is 5.86. The van der Waals surface area contributed by atoms with Gasteiger partial charge in [0, 0.05) is 32.6 Å². The highest BCUT2D eigenvalue weighted by molar-refractivity contribution is 7.05. The summed E-state index contributed by atoms with van der Waals surface area (Å²) in [5, 5.41) is 4.01. The number of hydrogen-bond acceptors (Lipinski definition) is 5. The Morgan fingerprint density at radius 3 is 3.00 bits per heavy atom. The molecule has 6 heteroatoms. The molecule has 0 bridgehead atoms.